The molecular weight excluding hydrogens is 394 g/mol. The Hall–Kier alpha value is -2.57. The molecule has 4 rings (SSSR count). The van der Waals surface area contributed by atoms with Gasteiger partial charge in [-0.1, -0.05) is 53.2 Å². The number of pyridine rings is 1. The third-order valence-corrected chi connectivity index (χ3v) is 5.62. The molecule has 0 radical (unpaired) electrons. The molecule has 0 bridgehead atoms. The normalized spacial score (nSPS) is 16.3. The smallest absolute Gasteiger partial charge is 0.253 e. The van der Waals surface area contributed by atoms with Crippen molar-refractivity contribution in [3.05, 3.63) is 82.9 Å². The first-order valence-electron chi connectivity index (χ1n) is 8.84. The fraction of sp³-hybridized carbons (Fsp3) is 0.190. The van der Waals surface area contributed by atoms with Crippen molar-refractivity contribution in [2.75, 3.05) is 5.75 Å². The molecule has 0 saturated carbocycles. The monoisotopic (exact) mass is 411 g/mol. The Morgan fingerprint density at radius 2 is 2.07 bits per heavy atom. The summed E-state index contributed by atoms with van der Waals surface area (Å²) in [6.07, 6.45) is 3.81. The molecule has 0 aliphatic carbocycles. The van der Waals surface area contributed by atoms with Gasteiger partial charge < -0.3 is 4.42 Å². The van der Waals surface area contributed by atoms with E-state index in [1.165, 1.54) is 22.3 Å². The molecule has 1 amide bonds. The van der Waals surface area contributed by atoms with Gasteiger partial charge in [0.05, 0.1) is 27.8 Å². The van der Waals surface area contributed by atoms with Crippen molar-refractivity contribution in [3.63, 3.8) is 0 Å². The Kier molecular flexibility index (Phi) is 5.50. The number of halogens is 1. The van der Waals surface area contributed by atoms with Crippen LogP contribution in [0.5, 0.6) is 0 Å². The number of hydrazone groups is 1. The van der Waals surface area contributed by atoms with Crippen molar-refractivity contribution >= 4 is 35.0 Å². The lowest BCUT2D eigenvalue weighted by atomic mass is 10.0. The van der Waals surface area contributed by atoms with Gasteiger partial charge >= 0.3 is 0 Å². The van der Waals surface area contributed by atoms with Crippen LogP contribution in [0.15, 0.2) is 75.5 Å². The first-order chi connectivity index (χ1) is 13.6. The summed E-state index contributed by atoms with van der Waals surface area (Å²) >= 11 is 7.22. The molecule has 1 aliphatic rings. The fourth-order valence-corrected chi connectivity index (χ4v) is 3.82. The predicted octanol–water partition coefficient (Wildman–Crippen LogP) is 5.11. The largest absolute Gasteiger partial charge is 0.467 e. The van der Waals surface area contributed by atoms with Crippen molar-refractivity contribution in [2.45, 2.75) is 24.4 Å². The average Bonchev–Trinajstić information content (AvgIpc) is 3.37. The van der Waals surface area contributed by atoms with Crippen LogP contribution in [-0.2, 0) is 4.79 Å². The number of thioether (sulfide) groups is 1. The predicted molar refractivity (Wildman–Crippen MR) is 111 cm³/mol. The van der Waals surface area contributed by atoms with Gasteiger partial charge in [-0.05, 0) is 36.8 Å². The second kappa shape index (κ2) is 8.20. The van der Waals surface area contributed by atoms with Gasteiger partial charge in [0.15, 0.2) is 0 Å². The molecule has 1 aromatic carbocycles. The van der Waals surface area contributed by atoms with Crippen LogP contribution in [0.4, 0.5) is 0 Å². The number of carbonyl (C=O) groups is 1. The zero-order chi connectivity index (χ0) is 19.5. The number of amides is 1. The zero-order valence-electron chi connectivity index (χ0n) is 15.2. The highest BCUT2D eigenvalue weighted by atomic mass is 35.5. The van der Waals surface area contributed by atoms with E-state index in [1.54, 1.807) is 24.6 Å². The third kappa shape index (κ3) is 4.13. The van der Waals surface area contributed by atoms with E-state index in [-0.39, 0.29) is 17.7 Å². The van der Waals surface area contributed by atoms with Crippen LogP contribution < -0.4 is 0 Å². The molecular formula is C21H18ClN3O2S. The maximum Gasteiger partial charge on any atom is 0.253 e. The highest BCUT2D eigenvalue weighted by Gasteiger charge is 2.34. The first-order valence-corrected chi connectivity index (χ1v) is 10.2. The number of benzene rings is 1. The molecule has 1 aliphatic heterocycles. The molecule has 0 saturated heterocycles. The van der Waals surface area contributed by atoms with Gasteiger partial charge in [0, 0.05) is 12.6 Å². The number of aromatic nitrogens is 1. The number of nitrogens with zero attached hydrogens (tertiary/aromatic N) is 3. The maximum absolute atomic E-state index is 12.9. The lowest BCUT2D eigenvalue weighted by molar-refractivity contribution is -0.130. The zero-order valence-corrected chi connectivity index (χ0v) is 16.8. The molecule has 142 valence electrons. The van der Waals surface area contributed by atoms with E-state index in [4.69, 9.17) is 16.0 Å². The quantitative estimate of drug-likeness (QED) is 0.547. The van der Waals surface area contributed by atoms with Gasteiger partial charge in [-0.25, -0.2) is 9.99 Å². The Labute approximate surface area is 172 Å². The van der Waals surface area contributed by atoms with Crippen molar-refractivity contribution in [1.29, 1.82) is 0 Å². The summed E-state index contributed by atoms with van der Waals surface area (Å²) in [5.74, 6) is 0.871. The maximum atomic E-state index is 12.9. The van der Waals surface area contributed by atoms with Crippen LogP contribution in [0.25, 0.3) is 0 Å². The van der Waals surface area contributed by atoms with E-state index in [1.807, 2.05) is 43.3 Å². The molecule has 0 N–H and O–H groups in total. The number of carbonyl (C=O) groups excluding carboxylic acids is 1. The minimum Gasteiger partial charge on any atom is -0.467 e. The van der Waals surface area contributed by atoms with Crippen molar-refractivity contribution in [2.24, 2.45) is 5.10 Å². The van der Waals surface area contributed by atoms with Crippen LogP contribution in [0.2, 0.25) is 5.02 Å². The van der Waals surface area contributed by atoms with E-state index in [0.717, 1.165) is 22.1 Å². The molecule has 7 heteroatoms. The van der Waals surface area contributed by atoms with E-state index in [0.29, 0.717) is 11.4 Å². The summed E-state index contributed by atoms with van der Waals surface area (Å²) in [6.45, 7) is 2.05. The Balaban J connectivity index is 1.54. The van der Waals surface area contributed by atoms with Gasteiger partial charge in [-0.2, -0.15) is 5.10 Å². The topological polar surface area (TPSA) is 58.7 Å². The van der Waals surface area contributed by atoms with E-state index in [9.17, 15) is 4.79 Å². The molecule has 5 nitrogen and oxygen atoms in total. The third-order valence-electron chi connectivity index (χ3n) is 4.47. The Morgan fingerprint density at radius 3 is 2.75 bits per heavy atom. The summed E-state index contributed by atoms with van der Waals surface area (Å²) in [4.78, 5) is 17.1. The Morgan fingerprint density at radius 1 is 1.25 bits per heavy atom. The molecule has 3 heterocycles. The van der Waals surface area contributed by atoms with Gasteiger partial charge in [-0.15, -0.1) is 0 Å². The standard InChI is InChI=1S/C21H18ClN3O2S/c1-14-4-6-15(7-5-14)17-11-18(19-3-2-10-27-19)25(24-17)21(26)13-28-20-9-8-16(22)12-23-20/h2-10,12,18H,11,13H2,1H3. The van der Waals surface area contributed by atoms with Crippen molar-refractivity contribution in [3.8, 4) is 0 Å². The van der Waals surface area contributed by atoms with Crippen LogP contribution in [-0.4, -0.2) is 27.4 Å². The summed E-state index contributed by atoms with van der Waals surface area (Å²) in [7, 11) is 0. The molecule has 28 heavy (non-hydrogen) atoms. The van der Waals surface area contributed by atoms with Crippen LogP contribution in [0.3, 0.4) is 0 Å². The van der Waals surface area contributed by atoms with Gasteiger partial charge in [0.1, 0.15) is 11.8 Å². The van der Waals surface area contributed by atoms with Gasteiger partial charge in [-0.3, -0.25) is 4.79 Å². The van der Waals surface area contributed by atoms with Gasteiger partial charge in [0.25, 0.3) is 5.91 Å². The number of hydrogen-bond acceptors (Lipinski definition) is 5. The van der Waals surface area contributed by atoms with Crippen molar-refractivity contribution in [1.82, 2.24) is 9.99 Å². The average molecular weight is 412 g/mol. The second-order valence-electron chi connectivity index (χ2n) is 6.49. The van der Waals surface area contributed by atoms with Crippen LogP contribution in [0.1, 0.15) is 29.3 Å². The fourth-order valence-electron chi connectivity index (χ4n) is 3.01. The van der Waals surface area contributed by atoms with E-state index >= 15 is 0 Å². The SMILES string of the molecule is Cc1ccc(C2=NN(C(=O)CSc3ccc(Cl)cn3)C(c3ccco3)C2)cc1. The number of aryl methyl sites for hydroxylation is 1. The highest BCUT2D eigenvalue weighted by molar-refractivity contribution is 7.99. The summed E-state index contributed by atoms with van der Waals surface area (Å²) in [5, 5.41) is 7.49. The lowest BCUT2D eigenvalue weighted by Gasteiger charge is -2.19. The highest BCUT2D eigenvalue weighted by Crippen LogP contribution is 2.34. The Bertz CT molecular complexity index is 986. The lowest BCUT2D eigenvalue weighted by Crippen LogP contribution is -2.28. The number of hydrogen-bond donors (Lipinski definition) is 0. The number of furan rings is 1. The molecule has 3 aromatic rings. The molecule has 0 fully saturated rings. The van der Waals surface area contributed by atoms with Crippen molar-refractivity contribution < 1.29 is 9.21 Å². The molecule has 1 atom stereocenters. The molecule has 2 aromatic heterocycles. The minimum absolute atomic E-state index is 0.0924. The van der Waals surface area contributed by atoms with E-state index < -0.39 is 0 Å². The molecule has 1 unspecified atom stereocenters. The van der Waals surface area contributed by atoms with Crippen LogP contribution in [0, 0.1) is 6.92 Å². The summed E-state index contributed by atoms with van der Waals surface area (Å²) in [6, 6.07) is 15.2. The number of rotatable bonds is 5. The van der Waals surface area contributed by atoms with Crippen LogP contribution >= 0.6 is 23.4 Å². The second-order valence-corrected chi connectivity index (χ2v) is 7.92. The minimum atomic E-state index is -0.238. The summed E-state index contributed by atoms with van der Waals surface area (Å²) in [5.41, 5.74) is 3.08. The van der Waals surface area contributed by atoms with E-state index in [2.05, 4.69) is 10.1 Å². The first kappa shape index (κ1) is 18.8. The summed E-state index contributed by atoms with van der Waals surface area (Å²) < 4.78 is 5.58. The molecule has 0 spiro atoms. The van der Waals surface area contributed by atoms with Gasteiger partial charge in [0.2, 0.25) is 0 Å².